The van der Waals surface area contributed by atoms with Crippen LogP contribution in [-0.4, -0.2) is 8.32 Å². The molecule has 6 heteroatoms. The maximum atomic E-state index is 13.6. The number of benzene rings is 1. The van der Waals surface area contributed by atoms with Crippen LogP contribution in [0.5, 0.6) is 0 Å². The van der Waals surface area contributed by atoms with Gasteiger partial charge < -0.3 is 4.43 Å². The summed E-state index contributed by atoms with van der Waals surface area (Å²) in [6.07, 6.45) is -0.404. The van der Waals surface area contributed by atoms with Crippen molar-refractivity contribution in [3.8, 4) is 12.3 Å². The van der Waals surface area contributed by atoms with Gasteiger partial charge in [0.2, 0.25) is 0 Å². The maximum absolute atomic E-state index is 13.6. The number of hydrogen-bond donors (Lipinski definition) is 0. The second-order valence-corrected chi connectivity index (χ2v) is 9.47. The van der Waals surface area contributed by atoms with Gasteiger partial charge in [0.1, 0.15) is 11.9 Å². The standard InChI is InChI=1S/C13H14F4OSi/c1-5-12(18-19(2,3)4)10-8-9(13(15,16)17)6-7-11(10)14/h1,6-8,12H,2-4H3. The molecule has 0 saturated carbocycles. The fourth-order valence-electron chi connectivity index (χ4n) is 1.46. The van der Waals surface area contributed by atoms with Crippen molar-refractivity contribution < 1.29 is 22.0 Å². The predicted molar refractivity (Wildman–Crippen MR) is 67.4 cm³/mol. The van der Waals surface area contributed by atoms with Gasteiger partial charge in [-0.05, 0) is 37.8 Å². The van der Waals surface area contributed by atoms with Crippen molar-refractivity contribution in [3.05, 3.63) is 35.1 Å². The molecule has 1 aromatic rings. The van der Waals surface area contributed by atoms with E-state index in [0.717, 1.165) is 6.07 Å². The molecule has 0 saturated heterocycles. The molecule has 1 nitrogen and oxygen atoms in total. The zero-order valence-electron chi connectivity index (χ0n) is 10.8. The van der Waals surface area contributed by atoms with Crippen LogP contribution in [0.1, 0.15) is 17.2 Å². The number of alkyl halides is 3. The van der Waals surface area contributed by atoms with Gasteiger partial charge >= 0.3 is 6.18 Å². The van der Waals surface area contributed by atoms with Crippen LogP contribution in [0.4, 0.5) is 17.6 Å². The summed E-state index contributed by atoms with van der Waals surface area (Å²) in [6.45, 7) is 5.47. The molecule has 1 rings (SSSR count). The highest BCUT2D eigenvalue weighted by Gasteiger charge is 2.32. The number of rotatable bonds is 3. The smallest absolute Gasteiger partial charge is 0.400 e. The Morgan fingerprint density at radius 1 is 1.26 bits per heavy atom. The fraction of sp³-hybridized carbons (Fsp3) is 0.385. The van der Waals surface area contributed by atoms with E-state index in [1.165, 1.54) is 0 Å². The van der Waals surface area contributed by atoms with E-state index in [1.54, 1.807) is 0 Å². The molecule has 19 heavy (non-hydrogen) atoms. The van der Waals surface area contributed by atoms with E-state index < -0.39 is 32.0 Å². The largest absolute Gasteiger partial charge is 0.416 e. The van der Waals surface area contributed by atoms with Crippen LogP contribution in [0, 0.1) is 18.2 Å². The fourth-order valence-corrected chi connectivity index (χ4v) is 2.36. The predicted octanol–water partition coefficient (Wildman–Crippen LogP) is 4.37. The summed E-state index contributed by atoms with van der Waals surface area (Å²) in [5.41, 5.74) is -1.19. The highest BCUT2D eigenvalue weighted by atomic mass is 28.4. The first-order valence-electron chi connectivity index (χ1n) is 5.55. The van der Waals surface area contributed by atoms with Gasteiger partial charge in [0.05, 0.1) is 5.56 Å². The van der Waals surface area contributed by atoms with Gasteiger partial charge in [0, 0.05) is 5.56 Å². The van der Waals surface area contributed by atoms with Crippen molar-refractivity contribution in [1.82, 2.24) is 0 Å². The average Bonchev–Trinajstić information content (AvgIpc) is 2.24. The lowest BCUT2D eigenvalue weighted by Gasteiger charge is -2.23. The molecule has 0 N–H and O–H groups in total. The minimum Gasteiger partial charge on any atom is -0.400 e. The summed E-state index contributed by atoms with van der Waals surface area (Å²) >= 11 is 0. The summed E-state index contributed by atoms with van der Waals surface area (Å²) in [7, 11) is -2.10. The topological polar surface area (TPSA) is 9.23 Å². The average molecular weight is 290 g/mol. The number of hydrogen-bond acceptors (Lipinski definition) is 1. The Labute approximate surface area is 110 Å². The van der Waals surface area contributed by atoms with Crippen LogP contribution >= 0.6 is 0 Å². The summed E-state index contributed by atoms with van der Waals surface area (Å²) in [5.74, 6) is 1.40. The van der Waals surface area contributed by atoms with E-state index in [4.69, 9.17) is 10.8 Å². The normalized spacial score (nSPS) is 14.0. The third-order valence-electron chi connectivity index (χ3n) is 2.23. The summed E-state index contributed by atoms with van der Waals surface area (Å²) < 4.78 is 57.0. The minimum atomic E-state index is -4.54. The lowest BCUT2D eigenvalue weighted by Crippen LogP contribution is -2.28. The van der Waals surface area contributed by atoms with Crippen molar-refractivity contribution in [2.45, 2.75) is 31.9 Å². The zero-order chi connectivity index (χ0) is 14.8. The van der Waals surface area contributed by atoms with Gasteiger partial charge in [-0.15, -0.1) is 6.42 Å². The molecule has 0 amide bonds. The Bertz CT molecular complexity index is 497. The molecule has 0 radical (unpaired) electrons. The summed E-state index contributed by atoms with van der Waals surface area (Å²) in [5, 5.41) is 0. The van der Waals surface area contributed by atoms with E-state index in [9.17, 15) is 17.6 Å². The van der Waals surface area contributed by atoms with Gasteiger partial charge in [-0.3, -0.25) is 0 Å². The molecule has 1 atom stereocenters. The molecule has 1 unspecified atom stereocenters. The Morgan fingerprint density at radius 3 is 2.26 bits per heavy atom. The van der Waals surface area contributed by atoms with E-state index in [-0.39, 0.29) is 5.56 Å². The van der Waals surface area contributed by atoms with Crippen molar-refractivity contribution in [2.75, 3.05) is 0 Å². The first-order valence-corrected chi connectivity index (χ1v) is 8.96. The van der Waals surface area contributed by atoms with Crippen molar-refractivity contribution in [1.29, 1.82) is 0 Å². The van der Waals surface area contributed by atoms with Crippen LogP contribution < -0.4 is 0 Å². The monoisotopic (exact) mass is 290 g/mol. The van der Waals surface area contributed by atoms with E-state index in [1.807, 2.05) is 19.6 Å². The lowest BCUT2D eigenvalue weighted by atomic mass is 10.1. The summed E-state index contributed by atoms with van der Waals surface area (Å²) in [6, 6.07) is 2.15. The van der Waals surface area contributed by atoms with Crippen molar-refractivity contribution in [2.24, 2.45) is 0 Å². The maximum Gasteiger partial charge on any atom is 0.416 e. The van der Waals surface area contributed by atoms with E-state index in [2.05, 4.69) is 5.92 Å². The lowest BCUT2D eigenvalue weighted by molar-refractivity contribution is -0.137. The van der Waals surface area contributed by atoms with Gasteiger partial charge in [0.25, 0.3) is 0 Å². The molecule has 0 aromatic heterocycles. The third kappa shape index (κ3) is 4.37. The van der Waals surface area contributed by atoms with Gasteiger partial charge in [-0.25, -0.2) is 4.39 Å². The molecule has 0 bridgehead atoms. The highest BCUT2D eigenvalue weighted by Crippen LogP contribution is 2.33. The van der Waals surface area contributed by atoms with Gasteiger partial charge in [-0.2, -0.15) is 13.2 Å². The van der Waals surface area contributed by atoms with Gasteiger partial charge in [0.15, 0.2) is 8.32 Å². The van der Waals surface area contributed by atoms with Gasteiger partial charge in [-0.1, -0.05) is 5.92 Å². The Hall–Kier alpha value is -1.32. The van der Waals surface area contributed by atoms with E-state index >= 15 is 0 Å². The summed E-state index contributed by atoms with van der Waals surface area (Å²) in [4.78, 5) is 0. The Balaban J connectivity index is 3.21. The molecule has 0 fully saturated rings. The molecular weight excluding hydrogens is 276 g/mol. The molecule has 0 spiro atoms. The number of terminal acetylenes is 1. The highest BCUT2D eigenvalue weighted by molar-refractivity contribution is 6.69. The van der Waals surface area contributed by atoms with Crippen molar-refractivity contribution >= 4 is 8.32 Å². The van der Waals surface area contributed by atoms with Crippen molar-refractivity contribution in [3.63, 3.8) is 0 Å². The Kier molecular flexibility index (Phi) is 4.43. The third-order valence-corrected chi connectivity index (χ3v) is 3.17. The second-order valence-electron chi connectivity index (χ2n) is 5.01. The van der Waals surface area contributed by atoms with Crippen LogP contribution in [0.3, 0.4) is 0 Å². The van der Waals surface area contributed by atoms with Crippen LogP contribution in [0.25, 0.3) is 0 Å². The zero-order valence-corrected chi connectivity index (χ0v) is 11.8. The molecule has 0 heterocycles. The molecule has 0 aliphatic rings. The molecule has 0 aliphatic carbocycles. The molecular formula is C13H14F4OSi. The SMILES string of the molecule is C#CC(O[Si](C)(C)C)c1cc(C(F)(F)F)ccc1F. The quantitative estimate of drug-likeness (QED) is 0.456. The van der Waals surface area contributed by atoms with Crippen LogP contribution in [0.15, 0.2) is 18.2 Å². The van der Waals surface area contributed by atoms with Crippen LogP contribution in [0.2, 0.25) is 19.6 Å². The first kappa shape index (κ1) is 15.7. The molecule has 0 aliphatic heterocycles. The molecule has 104 valence electrons. The second kappa shape index (κ2) is 5.35. The minimum absolute atomic E-state index is 0.250. The number of halogens is 4. The Morgan fingerprint density at radius 2 is 1.84 bits per heavy atom. The van der Waals surface area contributed by atoms with Crippen LogP contribution in [-0.2, 0) is 10.6 Å². The first-order chi connectivity index (χ1) is 8.54. The molecule has 1 aromatic carbocycles. The van der Waals surface area contributed by atoms with E-state index in [0.29, 0.717) is 12.1 Å².